The summed E-state index contributed by atoms with van der Waals surface area (Å²) >= 11 is -1.26. The predicted octanol–water partition coefficient (Wildman–Crippen LogP) is 2.78. The average Bonchev–Trinajstić information content (AvgIpc) is 2.67. The Morgan fingerprint density at radius 1 is 0.920 bits per heavy atom. The van der Waals surface area contributed by atoms with Crippen LogP contribution in [0, 0.1) is 3.57 Å². The van der Waals surface area contributed by atoms with Crippen LogP contribution in [0.15, 0.2) is 60.7 Å². The molecular weight excluding hydrogens is 433 g/mol. The van der Waals surface area contributed by atoms with E-state index in [2.05, 4.69) is 0 Å². The summed E-state index contributed by atoms with van der Waals surface area (Å²) in [7, 11) is 4.47. The Kier molecular flexibility index (Phi) is 6.81. The van der Waals surface area contributed by atoms with Gasteiger partial charge in [-0.3, -0.25) is 0 Å². The maximum atomic E-state index is 12.7. The Morgan fingerprint density at radius 2 is 1.40 bits per heavy atom. The van der Waals surface area contributed by atoms with Crippen molar-refractivity contribution >= 4 is 38.8 Å². The Labute approximate surface area is 158 Å². The molecule has 0 aliphatic carbocycles. The first-order valence-corrected chi connectivity index (χ1v) is 10.0. The van der Waals surface area contributed by atoms with Gasteiger partial charge in [-0.1, -0.05) is 0 Å². The summed E-state index contributed by atoms with van der Waals surface area (Å²) in [5.74, 6) is -1.10. The second-order valence-corrected chi connectivity index (χ2v) is 9.33. The molecule has 2 aromatic carbocycles. The minimum absolute atomic E-state index is 0.202. The van der Waals surface area contributed by atoms with E-state index in [4.69, 9.17) is 9.47 Å². The molecule has 0 spiro atoms. The normalized spacial score (nSPS) is 11.0. The number of alkyl halides is 1. The van der Waals surface area contributed by atoms with Crippen LogP contribution in [-0.4, -0.2) is 43.2 Å². The third-order valence-electron chi connectivity index (χ3n) is 3.72. The van der Waals surface area contributed by atoms with Crippen LogP contribution >= 0.6 is 21.2 Å². The summed E-state index contributed by atoms with van der Waals surface area (Å²) in [6.07, 6.45) is 0. The van der Waals surface area contributed by atoms with Crippen molar-refractivity contribution in [2.24, 2.45) is 0 Å². The number of carbonyl (C=O) groups is 2. The zero-order valence-electron chi connectivity index (χ0n) is 14.5. The summed E-state index contributed by atoms with van der Waals surface area (Å²) in [4.78, 5) is 27.3. The van der Waals surface area contributed by atoms with Crippen molar-refractivity contribution in [1.29, 1.82) is 0 Å². The Hall–Kier alpha value is -2.09. The molecule has 0 unspecified atom stereocenters. The number of nitrogens with zero attached hydrogens (tertiary/aromatic N) is 1. The van der Waals surface area contributed by atoms with Crippen molar-refractivity contribution in [3.05, 3.63) is 64.2 Å². The second kappa shape index (κ2) is 8.84. The first-order valence-electron chi connectivity index (χ1n) is 7.70. The molecule has 0 aliphatic heterocycles. The van der Waals surface area contributed by atoms with Crippen LogP contribution in [0.2, 0.25) is 0 Å². The summed E-state index contributed by atoms with van der Waals surface area (Å²) in [5.41, 5.74) is 0.917. The average molecular weight is 455 g/mol. The van der Waals surface area contributed by atoms with Crippen LogP contribution in [0.3, 0.4) is 0 Å². The zero-order chi connectivity index (χ0) is 18.3. The van der Waals surface area contributed by atoms with Gasteiger partial charge in [-0.15, -0.1) is 0 Å². The van der Waals surface area contributed by atoms with E-state index >= 15 is 0 Å². The van der Waals surface area contributed by atoms with Gasteiger partial charge >= 0.3 is 158 Å². The molecule has 0 radical (unpaired) electrons. The van der Waals surface area contributed by atoms with Crippen LogP contribution in [0.1, 0.15) is 0 Å². The summed E-state index contributed by atoms with van der Waals surface area (Å²) in [6.45, 7) is 0.202. The first-order chi connectivity index (χ1) is 12.0. The van der Waals surface area contributed by atoms with Gasteiger partial charge in [-0.05, 0) is 0 Å². The third kappa shape index (κ3) is 4.50. The maximum absolute atomic E-state index is 12.7. The molecule has 0 saturated heterocycles. The summed E-state index contributed by atoms with van der Waals surface area (Å²) < 4.78 is 9.70. The van der Waals surface area contributed by atoms with Crippen LogP contribution in [-0.2, 0) is 19.1 Å². The van der Waals surface area contributed by atoms with Gasteiger partial charge in [0.05, 0.1) is 0 Å². The van der Waals surface area contributed by atoms with Crippen LogP contribution in [0.4, 0.5) is 5.69 Å². The molecule has 2 rings (SSSR count). The number of hydrogen-bond acceptors (Lipinski definition) is 5. The molecule has 5 nitrogen and oxygen atoms in total. The first kappa shape index (κ1) is 19.2. The molecule has 25 heavy (non-hydrogen) atoms. The molecule has 0 aliphatic rings. The molecule has 0 heterocycles. The molecule has 0 atom stereocenters. The van der Waals surface area contributed by atoms with Crippen LogP contribution < -0.4 is 4.90 Å². The number of benzene rings is 2. The second-order valence-electron chi connectivity index (χ2n) is 5.42. The number of esters is 2. The number of rotatable bonds is 7. The number of hydrogen-bond donors (Lipinski definition) is 0. The van der Waals surface area contributed by atoms with Gasteiger partial charge in [0, 0.05) is 0 Å². The van der Waals surface area contributed by atoms with Crippen molar-refractivity contribution in [2.45, 2.75) is 3.42 Å². The van der Waals surface area contributed by atoms with Gasteiger partial charge in [-0.25, -0.2) is 0 Å². The van der Waals surface area contributed by atoms with E-state index in [0.29, 0.717) is 0 Å². The number of halogens is 1. The quantitative estimate of drug-likeness (QED) is 0.278. The van der Waals surface area contributed by atoms with Gasteiger partial charge in [0.15, 0.2) is 0 Å². The molecule has 2 aromatic rings. The van der Waals surface area contributed by atoms with E-state index in [1.54, 1.807) is 0 Å². The SMILES string of the molecule is COC(=O)C(CN(C)c1ccccc1)([IH]c1ccccc1)C(=O)OC. The van der Waals surface area contributed by atoms with E-state index < -0.39 is 36.6 Å². The van der Waals surface area contributed by atoms with Crippen LogP contribution in [0.5, 0.6) is 0 Å². The molecule has 0 aromatic heterocycles. The molecular formula is C19H22INO4. The van der Waals surface area contributed by atoms with Crippen molar-refractivity contribution in [1.82, 2.24) is 0 Å². The molecule has 134 valence electrons. The Balaban J connectivity index is 2.42. The van der Waals surface area contributed by atoms with Crippen molar-refractivity contribution in [3.63, 3.8) is 0 Å². The number of carbonyl (C=O) groups excluding carboxylic acids is 2. The van der Waals surface area contributed by atoms with Crippen molar-refractivity contribution in [3.8, 4) is 0 Å². The van der Waals surface area contributed by atoms with Gasteiger partial charge in [0.25, 0.3) is 0 Å². The fraction of sp³-hybridized carbons (Fsp3) is 0.263. The summed E-state index contributed by atoms with van der Waals surface area (Å²) in [6, 6.07) is 19.2. The minimum atomic E-state index is -1.32. The van der Waals surface area contributed by atoms with Gasteiger partial charge < -0.3 is 0 Å². The van der Waals surface area contributed by atoms with E-state index in [1.165, 1.54) is 14.2 Å². The predicted molar refractivity (Wildman–Crippen MR) is 107 cm³/mol. The van der Waals surface area contributed by atoms with E-state index in [9.17, 15) is 9.59 Å². The number of para-hydroxylation sites is 1. The number of methoxy groups -OCH3 is 2. The molecule has 6 heteroatoms. The topological polar surface area (TPSA) is 55.8 Å². The molecule has 0 N–H and O–H groups in total. The summed E-state index contributed by atoms with van der Waals surface area (Å²) in [5, 5.41) is 0. The number of ether oxygens (including phenoxy) is 2. The van der Waals surface area contributed by atoms with Gasteiger partial charge in [0.2, 0.25) is 0 Å². The van der Waals surface area contributed by atoms with E-state index in [1.807, 2.05) is 72.6 Å². The van der Waals surface area contributed by atoms with Gasteiger partial charge in [0.1, 0.15) is 0 Å². The van der Waals surface area contributed by atoms with Crippen molar-refractivity contribution in [2.75, 3.05) is 32.7 Å². The van der Waals surface area contributed by atoms with Gasteiger partial charge in [-0.2, -0.15) is 0 Å². The monoisotopic (exact) mass is 455 g/mol. The Morgan fingerprint density at radius 3 is 1.88 bits per heavy atom. The molecule has 0 fully saturated rings. The van der Waals surface area contributed by atoms with Crippen molar-refractivity contribution < 1.29 is 19.1 Å². The molecule has 0 bridgehead atoms. The van der Waals surface area contributed by atoms with E-state index in [-0.39, 0.29) is 6.54 Å². The fourth-order valence-electron chi connectivity index (χ4n) is 2.46. The standard InChI is InChI=1S/C19H22INO4/c1-21(16-12-8-5-9-13-16)14-19(17(22)24-2,18(23)25-3)20-15-10-6-4-7-11-15/h4-13,20H,14H2,1-3H3. The molecule has 0 saturated carbocycles. The fourth-order valence-corrected chi connectivity index (χ4v) is 6.13. The van der Waals surface area contributed by atoms with Crippen LogP contribution in [0.25, 0.3) is 0 Å². The zero-order valence-corrected chi connectivity index (χ0v) is 16.8. The van der Waals surface area contributed by atoms with E-state index in [0.717, 1.165) is 9.26 Å². The third-order valence-corrected chi connectivity index (χ3v) is 7.49. The molecule has 0 amide bonds. The Bertz CT molecular complexity index is 690. The number of anilines is 1.